The van der Waals surface area contributed by atoms with Crippen LogP contribution >= 0.6 is 11.8 Å². The molecule has 8 nitrogen and oxygen atoms in total. The maximum absolute atomic E-state index is 12.4. The molecule has 3 rings (SSSR count). The van der Waals surface area contributed by atoms with Crippen LogP contribution in [0.3, 0.4) is 0 Å². The number of hydrogen-bond donors (Lipinski definition) is 2. The molecule has 0 fully saturated rings. The van der Waals surface area contributed by atoms with E-state index in [0.29, 0.717) is 23.2 Å². The van der Waals surface area contributed by atoms with Crippen molar-refractivity contribution in [3.8, 4) is 5.75 Å². The van der Waals surface area contributed by atoms with Crippen molar-refractivity contribution in [2.24, 2.45) is 0 Å². The van der Waals surface area contributed by atoms with Crippen molar-refractivity contribution in [1.82, 2.24) is 14.8 Å². The SMILES string of the molecule is CCn1c(CC(=O)Nc2ccc(OC)cc2)nnc1SCC(=O)Nc1cc(C)ccc1C. The molecule has 32 heavy (non-hydrogen) atoms. The summed E-state index contributed by atoms with van der Waals surface area (Å²) in [6.07, 6.45) is 0.0854. The number of rotatable bonds is 9. The molecule has 0 atom stereocenters. The molecule has 0 aliphatic rings. The maximum Gasteiger partial charge on any atom is 0.234 e. The number of amides is 2. The Kier molecular flexibility index (Phi) is 7.88. The highest BCUT2D eigenvalue weighted by atomic mass is 32.2. The third kappa shape index (κ3) is 6.10. The summed E-state index contributed by atoms with van der Waals surface area (Å²) >= 11 is 1.30. The van der Waals surface area contributed by atoms with Gasteiger partial charge in [0, 0.05) is 17.9 Å². The summed E-state index contributed by atoms with van der Waals surface area (Å²) in [6.45, 7) is 6.49. The molecule has 2 amide bonds. The second-order valence-corrected chi connectivity index (χ2v) is 8.19. The van der Waals surface area contributed by atoms with E-state index in [4.69, 9.17) is 4.74 Å². The number of ether oxygens (including phenoxy) is 1. The molecule has 0 radical (unpaired) electrons. The topological polar surface area (TPSA) is 98.1 Å². The van der Waals surface area contributed by atoms with Gasteiger partial charge in [0.05, 0.1) is 19.3 Å². The number of anilines is 2. The first-order chi connectivity index (χ1) is 15.4. The maximum atomic E-state index is 12.4. The summed E-state index contributed by atoms with van der Waals surface area (Å²) in [5.74, 6) is 1.16. The van der Waals surface area contributed by atoms with Gasteiger partial charge in [-0.05, 0) is 62.2 Å². The number of carbonyl (C=O) groups excluding carboxylic acids is 2. The largest absolute Gasteiger partial charge is 0.497 e. The fourth-order valence-electron chi connectivity index (χ4n) is 3.08. The van der Waals surface area contributed by atoms with E-state index in [1.54, 1.807) is 31.4 Å². The molecule has 0 aliphatic carbocycles. The Morgan fingerprint density at radius 2 is 1.78 bits per heavy atom. The Bertz CT molecular complexity index is 1100. The van der Waals surface area contributed by atoms with Crippen molar-refractivity contribution >= 4 is 35.0 Å². The Balaban J connectivity index is 1.58. The second kappa shape index (κ2) is 10.8. The lowest BCUT2D eigenvalue weighted by atomic mass is 10.1. The van der Waals surface area contributed by atoms with Crippen LogP contribution in [-0.2, 0) is 22.6 Å². The lowest BCUT2D eigenvalue weighted by Gasteiger charge is -2.10. The fraction of sp³-hybridized carbons (Fsp3) is 0.304. The number of hydrogen-bond acceptors (Lipinski definition) is 6. The molecular formula is C23H27N5O3S. The van der Waals surface area contributed by atoms with Crippen molar-refractivity contribution in [3.05, 3.63) is 59.4 Å². The van der Waals surface area contributed by atoms with Crippen LogP contribution in [-0.4, -0.2) is 39.4 Å². The molecular weight excluding hydrogens is 426 g/mol. The van der Waals surface area contributed by atoms with Crippen molar-refractivity contribution in [2.45, 2.75) is 38.9 Å². The summed E-state index contributed by atoms with van der Waals surface area (Å²) in [7, 11) is 1.59. The van der Waals surface area contributed by atoms with Crippen molar-refractivity contribution < 1.29 is 14.3 Å². The number of aromatic nitrogens is 3. The minimum Gasteiger partial charge on any atom is -0.497 e. The van der Waals surface area contributed by atoms with Crippen molar-refractivity contribution in [2.75, 3.05) is 23.5 Å². The summed E-state index contributed by atoms with van der Waals surface area (Å²) in [4.78, 5) is 24.9. The zero-order valence-electron chi connectivity index (χ0n) is 18.6. The van der Waals surface area contributed by atoms with E-state index in [1.165, 1.54) is 11.8 Å². The minimum absolute atomic E-state index is 0.0854. The van der Waals surface area contributed by atoms with Gasteiger partial charge in [-0.2, -0.15) is 0 Å². The van der Waals surface area contributed by atoms with Gasteiger partial charge in [-0.15, -0.1) is 10.2 Å². The van der Waals surface area contributed by atoms with Crippen molar-refractivity contribution in [1.29, 1.82) is 0 Å². The van der Waals surface area contributed by atoms with Crippen LogP contribution in [0, 0.1) is 13.8 Å². The first kappa shape index (κ1) is 23.3. The Labute approximate surface area is 191 Å². The van der Waals surface area contributed by atoms with Gasteiger partial charge >= 0.3 is 0 Å². The Hall–Kier alpha value is -3.33. The van der Waals surface area contributed by atoms with Crippen LogP contribution in [0.25, 0.3) is 0 Å². The van der Waals surface area contributed by atoms with Gasteiger partial charge < -0.3 is 19.9 Å². The van der Waals surface area contributed by atoms with Gasteiger partial charge in [0.1, 0.15) is 11.6 Å². The highest BCUT2D eigenvalue weighted by molar-refractivity contribution is 7.99. The zero-order chi connectivity index (χ0) is 23.1. The third-order valence-corrected chi connectivity index (χ3v) is 5.77. The van der Waals surface area contributed by atoms with E-state index in [9.17, 15) is 9.59 Å². The molecule has 0 saturated carbocycles. The predicted molar refractivity (Wildman–Crippen MR) is 126 cm³/mol. The summed E-state index contributed by atoms with van der Waals surface area (Å²) in [6, 6.07) is 13.1. The third-order valence-electron chi connectivity index (χ3n) is 4.80. The first-order valence-electron chi connectivity index (χ1n) is 10.3. The quantitative estimate of drug-likeness (QED) is 0.478. The Morgan fingerprint density at radius 3 is 2.47 bits per heavy atom. The van der Waals surface area contributed by atoms with E-state index in [2.05, 4.69) is 20.8 Å². The van der Waals surface area contributed by atoms with Gasteiger partial charge in [-0.1, -0.05) is 23.9 Å². The van der Waals surface area contributed by atoms with Crippen LogP contribution in [0.5, 0.6) is 5.75 Å². The Morgan fingerprint density at radius 1 is 1.03 bits per heavy atom. The lowest BCUT2D eigenvalue weighted by Crippen LogP contribution is -2.18. The normalized spacial score (nSPS) is 10.6. The summed E-state index contributed by atoms with van der Waals surface area (Å²) in [5.41, 5.74) is 3.58. The number of aryl methyl sites for hydroxylation is 2. The molecule has 0 saturated heterocycles. The molecule has 168 valence electrons. The van der Waals surface area contributed by atoms with E-state index in [1.807, 2.05) is 43.5 Å². The molecule has 9 heteroatoms. The van der Waals surface area contributed by atoms with Gasteiger partial charge in [-0.25, -0.2) is 0 Å². The number of carbonyl (C=O) groups is 2. The number of thioether (sulfide) groups is 1. The van der Waals surface area contributed by atoms with Gasteiger partial charge in [0.2, 0.25) is 11.8 Å². The molecule has 3 aromatic rings. The number of nitrogens with one attached hydrogen (secondary N) is 2. The molecule has 0 bridgehead atoms. The molecule has 0 aliphatic heterocycles. The van der Waals surface area contributed by atoms with Crippen LogP contribution in [0.4, 0.5) is 11.4 Å². The summed E-state index contributed by atoms with van der Waals surface area (Å²) < 4.78 is 6.97. The molecule has 2 N–H and O–H groups in total. The van der Waals surface area contributed by atoms with Gasteiger partial charge in [0.25, 0.3) is 0 Å². The predicted octanol–water partition coefficient (Wildman–Crippen LogP) is 3.84. The average molecular weight is 454 g/mol. The number of methoxy groups -OCH3 is 1. The van der Waals surface area contributed by atoms with E-state index in [-0.39, 0.29) is 24.0 Å². The fourth-order valence-corrected chi connectivity index (χ4v) is 3.91. The molecule has 0 spiro atoms. The van der Waals surface area contributed by atoms with Crippen LogP contribution < -0.4 is 15.4 Å². The van der Waals surface area contributed by atoms with Crippen molar-refractivity contribution in [3.63, 3.8) is 0 Å². The summed E-state index contributed by atoms with van der Waals surface area (Å²) in [5, 5.41) is 14.7. The molecule has 1 heterocycles. The van der Waals surface area contributed by atoms with Gasteiger partial charge in [-0.3, -0.25) is 9.59 Å². The average Bonchev–Trinajstić information content (AvgIpc) is 3.16. The standard InChI is InChI=1S/C23H27N5O3S/c1-5-28-20(13-21(29)24-17-8-10-18(31-4)11-9-17)26-27-23(28)32-14-22(30)25-19-12-15(2)6-7-16(19)3/h6-12H,5,13-14H2,1-4H3,(H,24,29)(H,25,30). The second-order valence-electron chi connectivity index (χ2n) is 7.25. The number of nitrogens with zero attached hydrogens (tertiary/aromatic N) is 3. The lowest BCUT2D eigenvalue weighted by molar-refractivity contribution is -0.116. The van der Waals surface area contributed by atoms with Crippen LogP contribution in [0.1, 0.15) is 23.9 Å². The smallest absolute Gasteiger partial charge is 0.234 e. The molecule has 2 aromatic carbocycles. The molecule has 0 unspecified atom stereocenters. The number of benzene rings is 2. The minimum atomic E-state index is -0.193. The van der Waals surface area contributed by atoms with Crippen LogP contribution in [0.15, 0.2) is 47.6 Å². The molecule has 1 aromatic heterocycles. The van der Waals surface area contributed by atoms with E-state index in [0.717, 1.165) is 22.6 Å². The van der Waals surface area contributed by atoms with E-state index >= 15 is 0 Å². The first-order valence-corrected chi connectivity index (χ1v) is 11.2. The van der Waals surface area contributed by atoms with Gasteiger partial charge in [0.15, 0.2) is 5.16 Å². The van der Waals surface area contributed by atoms with E-state index < -0.39 is 0 Å². The zero-order valence-corrected chi connectivity index (χ0v) is 19.5. The van der Waals surface area contributed by atoms with Crippen LogP contribution in [0.2, 0.25) is 0 Å². The highest BCUT2D eigenvalue weighted by Gasteiger charge is 2.16. The highest BCUT2D eigenvalue weighted by Crippen LogP contribution is 2.21. The monoisotopic (exact) mass is 453 g/mol.